The first-order valence-electron chi connectivity index (χ1n) is 6.17. The molecule has 0 saturated heterocycles. The summed E-state index contributed by atoms with van der Waals surface area (Å²) in [4.78, 5) is 15.2. The fourth-order valence-electron chi connectivity index (χ4n) is 1.87. The molecular formula is C15H11N3O3. The van der Waals surface area contributed by atoms with E-state index in [9.17, 15) is 4.79 Å². The van der Waals surface area contributed by atoms with E-state index in [0.29, 0.717) is 23.0 Å². The maximum Gasteiger partial charge on any atom is 0.335 e. The van der Waals surface area contributed by atoms with Crippen molar-refractivity contribution in [2.24, 2.45) is 0 Å². The Bertz CT molecular complexity index is 794. The van der Waals surface area contributed by atoms with Crippen LogP contribution in [0.5, 0.6) is 0 Å². The number of nitrogens with zero attached hydrogens (tertiary/aromatic N) is 2. The summed E-state index contributed by atoms with van der Waals surface area (Å²) in [6.07, 6.45) is 0. The Kier molecular flexibility index (Phi) is 3.12. The Hall–Kier alpha value is -3.15. The molecule has 21 heavy (non-hydrogen) atoms. The number of carboxylic acids is 1. The maximum absolute atomic E-state index is 11.0. The van der Waals surface area contributed by atoms with Crippen molar-refractivity contribution < 1.29 is 14.4 Å². The number of anilines is 1. The second-order valence-corrected chi connectivity index (χ2v) is 4.43. The highest BCUT2D eigenvalue weighted by Gasteiger charge is 2.12. The van der Waals surface area contributed by atoms with Crippen LogP contribution in [0.4, 0.5) is 5.69 Å². The number of aromatic carboxylic acids is 1. The largest absolute Gasteiger partial charge is 0.478 e. The molecule has 0 amide bonds. The highest BCUT2D eigenvalue weighted by atomic mass is 16.5. The van der Waals surface area contributed by atoms with Gasteiger partial charge in [0.15, 0.2) is 0 Å². The number of aromatic nitrogens is 2. The molecule has 3 aromatic rings. The van der Waals surface area contributed by atoms with Crippen LogP contribution in [-0.4, -0.2) is 21.2 Å². The maximum atomic E-state index is 11.0. The van der Waals surface area contributed by atoms with Gasteiger partial charge >= 0.3 is 5.97 Å². The van der Waals surface area contributed by atoms with Crippen molar-refractivity contribution in [3.8, 4) is 22.8 Å². The lowest BCUT2D eigenvalue weighted by Gasteiger charge is -1.97. The normalized spacial score (nSPS) is 10.5. The quantitative estimate of drug-likeness (QED) is 0.715. The van der Waals surface area contributed by atoms with Gasteiger partial charge < -0.3 is 15.4 Å². The lowest BCUT2D eigenvalue weighted by Crippen LogP contribution is -1.96. The van der Waals surface area contributed by atoms with E-state index in [0.717, 1.165) is 5.56 Å². The average molecular weight is 281 g/mol. The van der Waals surface area contributed by atoms with Crippen LogP contribution in [0.25, 0.3) is 22.8 Å². The van der Waals surface area contributed by atoms with Gasteiger partial charge in [0, 0.05) is 16.8 Å². The number of nitrogen functional groups attached to an aromatic ring is 1. The van der Waals surface area contributed by atoms with Gasteiger partial charge in [-0.3, -0.25) is 0 Å². The average Bonchev–Trinajstić information content (AvgIpc) is 2.98. The summed E-state index contributed by atoms with van der Waals surface area (Å²) in [6.45, 7) is 0. The van der Waals surface area contributed by atoms with Crippen molar-refractivity contribution in [1.82, 2.24) is 10.1 Å². The summed E-state index contributed by atoms with van der Waals surface area (Å²) in [5, 5.41) is 12.9. The van der Waals surface area contributed by atoms with Gasteiger partial charge in [0.2, 0.25) is 5.82 Å². The molecule has 1 aromatic heterocycles. The standard InChI is InChI=1S/C15H11N3O3/c16-12-6-4-9(5-7-12)14-17-13(18-21-14)10-2-1-3-11(8-10)15(19)20/h1-8H,16H2,(H,19,20). The summed E-state index contributed by atoms with van der Waals surface area (Å²) < 4.78 is 5.20. The number of carbonyl (C=O) groups is 1. The molecule has 0 saturated carbocycles. The Morgan fingerprint density at radius 1 is 1.10 bits per heavy atom. The third-order valence-electron chi connectivity index (χ3n) is 2.95. The number of hydrogen-bond acceptors (Lipinski definition) is 5. The zero-order valence-corrected chi connectivity index (χ0v) is 10.9. The molecular weight excluding hydrogens is 270 g/mol. The SMILES string of the molecule is Nc1ccc(-c2nc(-c3cccc(C(=O)O)c3)no2)cc1. The summed E-state index contributed by atoms with van der Waals surface area (Å²) in [5.74, 6) is -0.310. The molecule has 0 aliphatic heterocycles. The van der Waals surface area contributed by atoms with Crippen LogP contribution in [0.3, 0.4) is 0 Å². The molecule has 0 bridgehead atoms. The Labute approximate surface area is 119 Å². The zero-order valence-electron chi connectivity index (χ0n) is 10.9. The van der Waals surface area contributed by atoms with Crippen LogP contribution >= 0.6 is 0 Å². The minimum Gasteiger partial charge on any atom is -0.478 e. The monoisotopic (exact) mass is 281 g/mol. The van der Waals surface area contributed by atoms with Gasteiger partial charge in [-0.2, -0.15) is 4.98 Å². The molecule has 0 atom stereocenters. The molecule has 6 nitrogen and oxygen atoms in total. The molecule has 0 unspecified atom stereocenters. The van der Waals surface area contributed by atoms with E-state index in [1.165, 1.54) is 12.1 Å². The summed E-state index contributed by atoms with van der Waals surface area (Å²) in [5.41, 5.74) is 7.77. The zero-order chi connectivity index (χ0) is 14.8. The van der Waals surface area contributed by atoms with E-state index < -0.39 is 5.97 Å². The van der Waals surface area contributed by atoms with Crippen molar-refractivity contribution in [1.29, 1.82) is 0 Å². The van der Waals surface area contributed by atoms with Crippen molar-refractivity contribution in [3.63, 3.8) is 0 Å². The van der Waals surface area contributed by atoms with Crippen molar-refractivity contribution in [2.45, 2.75) is 0 Å². The van der Waals surface area contributed by atoms with Crippen LogP contribution in [0.2, 0.25) is 0 Å². The predicted molar refractivity (Wildman–Crippen MR) is 76.5 cm³/mol. The van der Waals surface area contributed by atoms with Crippen LogP contribution in [0.1, 0.15) is 10.4 Å². The first-order chi connectivity index (χ1) is 10.1. The lowest BCUT2D eigenvalue weighted by molar-refractivity contribution is 0.0697. The highest BCUT2D eigenvalue weighted by Crippen LogP contribution is 2.23. The smallest absolute Gasteiger partial charge is 0.335 e. The van der Waals surface area contributed by atoms with Crippen LogP contribution < -0.4 is 5.73 Å². The van der Waals surface area contributed by atoms with Crippen LogP contribution in [-0.2, 0) is 0 Å². The molecule has 1 heterocycles. The van der Waals surface area contributed by atoms with E-state index in [1.54, 1.807) is 36.4 Å². The molecule has 3 rings (SSSR count). The molecule has 3 N–H and O–H groups in total. The third kappa shape index (κ3) is 2.59. The van der Waals surface area contributed by atoms with E-state index in [-0.39, 0.29) is 5.56 Å². The van der Waals surface area contributed by atoms with Gasteiger partial charge in [0.25, 0.3) is 5.89 Å². The molecule has 6 heteroatoms. The van der Waals surface area contributed by atoms with Crippen LogP contribution in [0.15, 0.2) is 53.1 Å². The summed E-state index contributed by atoms with van der Waals surface area (Å²) in [7, 11) is 0. The number of benzene rings is 2. The van der Waals surface area contributed by atoms with Gasteiger partial charge in [-0.15, -0.1) is 0 Å². The van der Waals surface area contributed by atoms with E-state index in [4.69, 9.17) is 15.4 Å². The molecule has 2 aromatic carbocycles. The van der Waals surface area contributed by atoms with Crippen LogP contribution in [0, 0.1) is 0 Å². The summed E-state index contributed by atoms with van der Waals surface area (Å²) in [6, 6.07) is 13.4. The Morgan fingerprint density at radius 2 is 1.86 bits per heavy atom. The topological polar surface area (TPSA) is 102 Å². The Balaban J connectivity index is 1.96. The highest BCUT2D eigenvalue weighted by molar-refractivity contribution is 5.89. The van der Waals surface area contributed by atoms with Gasteiger partial charge in [0.1, 0.15) is 0 Å². The van der Waals surface area contributed by atoms with Gasteiger partial charge in [0.05, 0.1) is 5.56 Å². The van der Waals surface area contributed by atoms with E-state index >= 15 is 0 Å². The second kappa shape index (κ2) is 5.09. The minimum absolute atomic E-state index is 0.173. The first kappa shape index (κ1) is 12.9. The number of hydrogen-bond donors (Lipinski definition) is 2. The molecule has 0 spiro atoms. The molecule has 0 radical (unpaired) electrons. The minimum atomic E-state index is -1.00. The molecule has 0 fully saturated rings. The number of rotatable bonds is 3. The molecule has 104 valence electrons. The van der Waals surface area contributed by atoms with E-state index in [1.807, 2.05) is 0 Å². The predicted octanol–water partition coefficient (Wildman–Crippen LogP) is 2.68. The molecule has 0 aliphatic carbocycles. The van der Waals surface area contributed by atoms with Crippen molar-refractivity contribution in [2.75, 3.05) is 5.73 Å². The van der Waals surface area contributed by atoms with Gasteiger partial charge in [-0.1, -0.05) is 17.3 Å². The number of carboxylic acid groups (broad SMARTS) is 1. The van der Waals surface area contributed by atoms with Crippen molar-refractivity contribution >= 4 is 11.7 Å². The first-order valence-corrected chi connectivity index (χ1v) is 6.17. The van der Waals surface area contributed by atoms with Gasteiger partial charge in [-0.25, -0.2) is 4.79 Å². The summed E-state index contributed by atoms with van der Waals surface area (Å²) >= 11 is 0. The number of nitrogens with two attached hydrogens (primary N) is 1. The Morgan fingerprint density at radius 3 is 2.57 bits per heavy atom. The third-order valence-corrected chi connectivity index (χ3v) is 2.95. The van der Waals surface area contributed by atoms with Gasteiger partial charge in [-0.05, 0) is 36.4 Å². The fraction of sp³-hybridized carbons (Fsp3) is 0. The fourth-order valence-corrected chi connectivity index (χ4v) is 1.87. The lowest BCUT2D eigenvalue weighted by atomic mass is 10.1. The molecule has 0 aliphatic rings. The van der Waals surface area contributed by atoms with Crippen molar-refractivity contribution in [3.05, 3.63) is 54.1 Å². The van der Waals surface area contributed by atoms with E-state index in [2.05, 4.69) is 10.1 Å². The second-order valence-electron chi connectivity index (χ2n) is 4.43.